The molecule has 0 radical (unpaired) electrons. The van der Waals surface area contributed by atoms with Crippen molar-refractivity contribution in [2.45, 2.75) is 32.1 Å². The number of rotatable bonds is 5. The van der Waals surface area contributed by atoms with E-state index >= 15 is 0 Å². The van der Waals surface area contributed by atoms with E-state index in [1.54, 1.807) is 12.1 Å². The summed E-state index contributed by atoms with van der Waals surface area (Å²) < 4.78 is 0. The molecular weight excluding hydrogens is 261 g/mol. The lowest BCUT2D eigenvalue weighted by molar-refractivity contribution is -0.385. The number of nitrogens with zero attached hydrogens (tertiary/aromatic N) is 1. The average molecular weight is 276 g/mol. The fraction of sp³-hybridized carbons (Fsp3) is 0.500. The molecule has 0 aliphatic carbocycles. The highest BCUT2D eigenvalue weighted by molar-refractivity contribution is 6.31. The van der Waals surface area contributed by atoms with Crippen LogP contribution in [0.3, 0.4) is 0 Å². The fourth-order valence-corrected chi connectivity index (χ4v) is 2.33. The average Bonchev–Trinajstić information content (AvgIpc) is 2.26. The highest BCUT2D eigenvalue weighted by Gasteiger charge is 2.22. The first-order valence-corrected chi connectivity index (χ1v) is 6.34. The van der Waals surface area contributed by atoms with Crippen molar-refractivity contribution in [1.82, 2.24) is 0 Å². The van der Waals surface area contributed by atoms with Crippen LogP contribution >= 0.6 is 23.2 Å². The zero-order valence-electron chi connectivity index (χ0n) is 9.82. The molecule has 1 rings (SSSR count). The van der Waals surface area contributed by atoms with Crippen LogP contribution in [0.1, 0.15) is 25.8 Å². The minimum atomic E-state index is -0.396. The summed E-state index contributed by atoms with van der Waals surface area (Å²) in [6.07, 6.45) is 1.41. The Bertz CT molecular complexity index is 407. The molecule has 5 heteroatoms. The first-order chi connectivity index (χ1) is 7.97. The van der Waals surface area contributed by atoms with Gasteiger partial charge in [-0.05, 0) is 25.3 Å². The Hall–Kier alpha value is -0.800. The van der Waals surface area contributed by atoms with Gasteiger partial charge < -0.3 is 0 Å². The summed E-state index contributed by atoms with van der Waals surface area (Å²) in [4.78, 5) is 10.5. The molecule has 0 amide bonds. The Kier molecular flexibility index (Phi) is 5.22. The van der Waals surface area contributed by atoms with Crippen molar-refractivity contribution in [3.05, 3.63) is 38.9 Å². The van der Waals surface area contributed by atoms with Crippen LogP contribution in [-0.4, -0.2) is 10.3 Å². The van der Waals surface area contributed by atoms with E-state index in [1.807, 2.05) is 13.8 Å². The molecular formula is C12H15Cl2NO2. The van der Waals surface area contributed by atoms with Crippen molar-refractivity contribution in [2.75, 3.05) is 0 Å². The Morgan fingerprint density at radius 3 is 2.59 bits per heavy atom. The smallest absolute Gasteiger partial charge is 0.258 e. The Balaban J connectivity index is 3.07. The molecule has 94 valence electrons. The number of benzene rings is 1. The summed E-state index contributed by atoms with van der Waals surface area (Å²) >= 11 is 12.1. The van der Waals surface area contributed by atoms with Gasteiger partial charge in [-0.1, -0.05) is 31.0 Å². The highest BCUT2D eigenvalue weighted by Crippen LogP contribution is 2.31. The fourth-order valence-electron chi connectivity index (χ4n) is 1.81. The van der Waals surface area contributed by atoms with Gasteiger partial charge in [-0.15, -0.1) is 11.6 Å². The second-order valence-corrected chi connectivity index (χ2v) is 5.14. The molecule has 0 aliphatic rings. The molecule has 0 saturated heterocycles. The minimum Gasteiger partial charge on any atom is -0.258 e. The molecule has 0 saturated carbocycles. The normalized spacial score (nSPS) is 14.4. The standard InChI is InChI=1S/C12H15Cl2NO2/c1-3-9(8(2)13)7-10-11(14)5-4-6-12(10)15(16)17/h4-6,8-9H,3,7H2,1-2H3. The summed E-state index contributed by atoms with van der Waals surface area (Å²) in [5.41, 5.74) is 0.659. The van der Waals surface area contributed by atoms with Crippen molar-refractivity contribution in [3.63, 3.8) is 0 Å². The molecule has 3 nitrogen and oxygen atoms in total. The highest BCUT2D eigenvalue weighted by atomic mass is 35.5. The van der Waals surface area contributed by atoms with Crippen LogP contribution in [0.25, 0.3) is 0 Å². The maximum absolute atomic E-state index is 10.9. The minimum absolute atomic E-state index is 0.0316. The predicted molar refractivity (Wildman–Crippen MR) is 70.9 cm³/mol. The van der Waals surface area contributed by atoms with Crippen LogP contribution in [0.15, 0.2) is 18.2 Å². The van der Waals surface area contributed by atoms with Crippen molar-refractivity contribution in [3.8, 4) is 0 Å². The summed E-state index contributed by atoms with van der Waals surface area (Å²) in [5, 5.41) is 11.3. The third-order valence-electron chi connectivity index (χ3n) is 2.93. The van der Waals surface area contributed by atoms with E-state index in [0.717, 1.165) is 6.42 Å². The Labute approximate surface area is 111 Å². The molecule has 1 aromatic rings. The summed E-state index contributed by atoms with van der Waals surface area (Å²) in [6, 6.07) is 4.75. The SMILES string of the molecule is CCC(Cc1c(Cl)cccc1[N+](=O)[O-])C(C)Cl. The molecule has 0 heterocycles. The molecule has 1 aromatic carbocycles. The van der Waals surface area contributed by atoms with Crippen LogP contribution in [-0.2, 0) is 6.42 Å². The molecule has 2 atom stereocenters. The van der Waals surface area contributed by atoms with Crippen molar-refractivity contribution in [2.24, 2.45) is 5.92 Å². The second kappa shape index (κ2) is 6.22. The van der Waals surface area contributed by atoms with E-state index in [0.29, 0.717) is 17.0 Å². The van der Waals surface area contributed by atoms with Gasteiger partial charge >= 0.3 is 0 Å². The molecule has 2 unspecified atom stereocenters. The maximum atomic E-state index is 10.9. The van der Waals surface area contributed by atoms with Crippen molar-refractivity contribution < 1.29 is 4.92 Å². The number of alkyl halides is 1. The Morgan fingerprint density at radius 2 is 2.12 bits per heavy atom. The van der Waals surface area contributed by atoms with Gasteiger partial charge in [0.05, 0.1) is 9.95 Å². The number of hydrogen-bond donors (Lipinski definition) is 0. The van der Waals surface area contributed by atoms with E-state index in [1.165, 1.54) is 6.07 Å². The number of halogens is 2. The first kappa shape index (κ1) is 14.3. The number of nitro groups is 1. The van der Waals surface area contributed by atoms with Crippen LogP contribution in [0.2, 0.25) is 5.02 Å². The van der Waals surface area contributed by atoms with Gasteiger partial charge in [0.15, 0.2) is 0 Å². The zero-order chi connectivity index (χ0) is 13.0. The Morgan fingerprint density at radius 1 is 1.47 bits per heavy atom. The molecule has 0 fully saturated rings. The molecule has 0 aromatic heterocycles. The van der Waals surface area contributed by atoms with Gasteiger partial charge in [0.2, 0.25) is 0 Å². The lowest BCUT2D eigenvalue weighted by atomic mass is 9.93. The van der Waals surface area contributed by atoms with Crippen LogP contribution < -0.4 is 0 Å². The number of hydrogen-bond acceptors (Lipinski definition) is 2. The van der Waals surface area contributed by atoms with E-state index in [-0.39, 0.29) is 17.0 Å². The molecule has 0 aliphatic heterocycles. The van der Waals surface area contributed by atoms with Gasteiger partial charge in [0.1, 0.15) is 0 Å². The summed E-state index contributed by atoms with van der Waals surface area (Å²) in [5.74, 6) is 0.190. The second-order valence-electron chi connectivity index (χ2n) is 4.04. The quantitative estimate of drug-likeness (QED) is 0.453. The van der Waals surface area contributed by atoms with Crippen LogP contribution in [0.4, 0.5) is 5.69 Å². The van der Waals surface area contributed by atoms with Gasteiger partial charge in [0, 0.05) is 17.0 Å². The summed E-state index contributed by atoms with van der Waals surface area (Å²) in [7, 11) is 0. The third-order valence-corrected chi connectivity index (χ3v) is 3.64. The number of nitro benzene ring substituents is 1. The van der Waals surface area contributed by atoms with Gasteiger partial charge in [-0.25, -0.2) is 0 Å². The predicted octanol–water partition coefficient (Wildman–Crippen LogP) is 4.44. The monoisotopic (exact) mass is 275 g/mol. The van der Waals surface area contributed by atoms with Crippen molar-refractivity contribution in [1.29, 1.82) is 0 Å². The van der Waals surface area contributed by atoms with Gasteiger partial charge in [0.25, 0.3) is 5.69 Å². The topological polar surface area (TPSA) is 43.1 Å². The van der Waals surface area contributed by atoms with Crippen molar-refractivity contribution >= 4 is 28.9 Å². The largest absolute Gasteiger partial charge is 0.274 e. The van der Waals surface area contributed by atoms with Gasteiger partial charge in [-0.3, -0.25) is 10.1 Å². The van der Waals surface area contributed by atoms with E-state index in [4.69, 9.17) is 23.2 Å². The summed E-state index contributed by atoms with van der Waals surface area (Å²) in [6.45, 7) is 3.92. The lowest BCUT2D eigenvalue weighted by Gasteiger charge is -2.17. The molecule has 0 spiro atoms. The van der Waals surface area contributed by atoms with E-state index < -0.39 is 4.92 Å². The van der Waals surface area contributed by atoms with Crippen LogP contribution in [0.5, 0.6) is 0 Å². The molecule has 17 heavy (non-hydrogen) atoms. The van der Waals surface area contributed by atoms with Crippen LogP contribution in [0, 0.1) is 16.0 Å². The zero-order valence-corrected chi connectivity index (χ0v) is 11.3. The van der Waals surface area contributed by atoms with E-state index in [9.17, 15) is 10.1 Å². The van der Waals surface area contributed by atoms with Gasteiger partial charge in [-0.2, -0.15) is 0 Å². The first-order valence-electron chi connectivity index (χ1n) is 5.53. The lowest BCUT2D eigenvalue weighted by Crippen LogP contribution is -2.14. The third kappa shape index (κ3) is 3.58. The molecule has 0 bridgehead atoms. The molecule has 0 N–H and O–H groups in total. The maximum Gasteiger partial charge on any atom is 0.274 e. The van der Waals surface area contributed by atoms with E-state index in [2.05, 4.69) is 0 Å².